The average molecular weight is 279 g/mol. The van der Waals surface area contributed by atoms with Gasteiger partial charge in [-0.15, -0.1) is 10.2 Å². The predicted molar refractivity (Wildman–Crippen MR) is 74.6 cm³/mol. The molecular weight excluding hydrogens is 260 g/mol. The number of anilines is 1. The Morgan fingerprint density at radius 2 is 1.68 bits per heavy atom. The van der Waals surface area contributed by atoms with E-state index in [1.165, 1.54) is 37.7 Å². The number of hydrogen-bond acceptors (Lipinski definition) is 4. The summed E-state index contributed by atoms with van der Waals surface area (Å²) in [6.45, 7) is 0. The number of hydrogen-bond donors (Lipinski definition) is 2. The van der Waals surface area contributed by atoms with Crippen LogP contribution in [0.25, 0.3) is 0 Å². The van der Waals surface area contributed by atoms with Crippen molar-refractivity contribution in [2.75, 3.05) is 5.43 Å². The first-order valence-electron chi connectivity index (χ1n) is 7.24. The van der Waals surface area contributed by atoms with Crippen molar-refractivity contribution in [2.24, 2.45) is 29.5 Å². The second-order valence-electron chi connectivity index (χ2n) is 6.58. The highest BCUT2D eigenvalue weighted by Gasteiger charge is 2.49. The fraction of sp³-hybridized carbons (Fsp3) is 0.714. The van der Waals surface area contributed by atoms with E-state index < -0.39 is 0 Å². The Kier molecular flexibility index (Phi) is 2.71. The predicted octanol–water partition coefficient (Wildman–Crippen LogP) is 2.96. The second-order valence-corrected chi connectivity index (χ2v) is 6.93. The lowest BCUT2D eigenvalue weighted by molar-refractivity contribution is -0.00287. The van der Waals surface area contributed by atoms with Gasteiger partial charge in [-0.2, -0.15) is 0 Å². The van der Waals surface area contributed by atoms with Crippen LogP contribution in [-0.4, -0.2) is 10.2 Å². The van der Waals surface area contributed by atoms with E-state index in [1.54, 1.807) is 0 Å². The average Bonchev–Trinajstić information content (AvgIpc) is 2.39. The van der Waals surface area contributed by atoms with Gasteiger partial charge in [0.15, 0.2) is 11.0 Å². The van der Waals surface area contributed by atoms with Crippen molar-refractivity contribution in [3.05, 3.63) is 16.8 Å². The van der Waals surface area contributed by atoms with Crippen molar-refractivity contribution in [3.63, 3.8) is 0 Å². The van der Waals surface area contributed by atoms with Crippen molar-refractivity contribution in [1.82, 2.24) is 10.2 Å². The van der Waals surface area contributed by atoms with E-state index >= 15 is 0 Å². The molecule has 1 heterocycles. The Morgan fingerprint density at radius 3 is 2.26 bits per heavy atom. The van der Waals surface area contributed by atoms with E-state index in [0.717, 1.165) is 23.7 Å². The van der Waals surface area contributed by atoms with Gasteiger partial charge in [0, 0.05) is 0 Å². The third-order valence-electron chi connectivity index (χ3n) is 5.51. The maximum absolute atomic E-state index is 6.30. The normalized spacial score (nSPS) is 39.6. The maximum Gasteiger partial charge on any atom is 0.163 e. The summed E-state index contributed by atoms with van der Waals surface area (Å²) in [5.41, 5.74) is 3.75. The van der Waals surface area contributed by atoms with Crippen molar-refractivity contribution in [3.8, 4) is 0 Å². The molecule has 0 aliphatic heterocycles. The Labute approximate surface area is 118 Å². The van der Waals surface area contributed by atoms with Crippen molar-refractivity contribution in [2.45, 2.75) is 38.0 Å². The summed E-state index contributed by atoms with van der Waals surface area (Å²) in [4.78, 5) is 0. The summed E-state index contributed by atoms with van der Waals surface area (Å²) in [7, 11) is 0. The zero-order valence-corrected chi connectivity index (χ0v) is 11.6. The van der Waals surface area contributed by atoms with E-state index in [4.69, 9.17) is 17.4 Å². The molecule has 0 amide bonds. The van der Waals surface area contributed by atoms with Crippen LogP contribution in [0.5, 0.6) is 0 Å². The van der Waals surface area contributed by atoms with Gasteiger partial charge < -0.3 is 5.43 Å². The third kappa shape index (κ3) is 1.84. The molecule has 0 spiro atoms. The molecule has 4 aliphatic rings. The van der Waals surface area contributed by atoms with Crippen molar-refractivity contribution >= 4 is 17.4 Å². The molecule has 4 fully saturated rings. The molecule has 0 saturated heterocycles. The number of aromatic nitrogens is 2. The smallest absolute Gasteiger partial charge is 0.163 e. The van der Waals surface area contributed by atoms with E-state index in [2.05, 4.69) is 15.6 Å². The van der Waals surface area contributed by atoms with Crippen LogP contribution < -0.4 is 11.3 Å². The zero-order chi connectivity index (χ0) is 13.0. The summed E-state index contributed by atoms with van der Waals surface area (Å²) in [6, 6.07) is 2.00. The summed E-state index contributed by atoms with van der Waals surface area (Å²) in [5.74, 6) is 10.2. The molecule has 0 radical (unpaired) electrons. The van der Waals surface area contributed by atoms with E-state index in [0.29, 0.717) is 16.9 Å². The lowest BCUT2D eigenvalue weighted by Crippen LogP contribution is -2.43. The lowest BCUT2D eigenvalue weighted by Gasteiger charge is -2.54. The molecule has 4 nitrogen and oxygen atoms in total. The van der Waals surface area contributed by atoms with Gasteiger partial charge in [-0.1, -0.05) is 11.6 Å². The van der Waals surface area contributed by atoms with Gasteiger partial charge in [0.05, 0.1) is 0 Å². The maximum atomic E-state index is 6.30. The van der Waals surface area contributed by atoms with Crippen LogP contribution in [0.15, 0.2) is 6.07 Å². The van der Waals surface area contributed by atoms with Crippen LogP contribution in [0, 0.1) is 23.7 Å². The molecule has 4 saturated carbocycles. The number of nitrogens with two attached hydrogens (primary N) is 1. The first kappa shape index (κ1) is 11.9. The number of nitrogens with zero attached hydrogens (tertiary/aromatic N) is 2. The summed E-state index contributed by atoms with van der Waals surface area (Å²) in [5, 5.41) is 8.57. The molecule has 0 aromatic carbocycles. The second kappa shape index (κ2) is 4.32. The Hall–Kier alpha value is -0.870. The lowest BCUT2D eigenvalue weighted by atomic mass is 9.51. The number of hydrazine groups is 1. The molecule has 5 heteroatoms. The summed E-state index contributed by atoms with van der Waals surface area (Å²) < 4.78 is 0. The van der Waals surface area contributed by atoms with Crippen LogP contribution in [0.1, 0.15) is 43.6 Å². The van der Waals surface area contributed by atoms with Crippen LogP contribution in [0.3, 0.4) is 0 Å². The largest absolute Gasteiger partial charge is 0.307 e. The highest BCUT2D eigenvalue weighted by atomic mass is 35.5. The van der Waals surface area contributed by atoms with Gasteiger partial charge in [-0.3, -0.25) is 0 Å². The van der Waals surface area contributed by atoms with Gasteiger partial charge in [-0.05, 0) is 73.3 Å². The van der Waals surface area contributed by atoms with Gasteiger partial charge in [0.2, 0.25) is 0 Å². The fourth-order valence-corrected chi connectivity index (χ4v) is 5.35. The highest BCUT2D eigenvalue weighted by Crippen LogP contribution is 2.60. The van der Waals surface area contributed by atoms with Gasteiger partial charge in [0.1, 0.15) is 0 Å². The number of halogens is 1. The topological polar surface area (TPSA) is 63.8 Å². The standard InChI is InChI=1S/C14H19ClN4/c15-14-11(6-12(17-16)18-19-14)13-9-2-7-1-8(4-9)5-10(13)3-7/h6-10,13H,1-5,16H2,(H,17,18). The molecule has 4 bridgehead atoms. The minimum atomic E-state index is 0.566. The zero-order valence-electron chi connectivity index (χ0n) is 10.8. The van der Waals surface area contributed by atoms with E-state index in [9.17, 15) is 0 Å². The van der Waals surface area contributed by atoms with E-state index in [-0.39, 0.29) is 0 Å². The first-order valence-corrected chi connectivity index (χ1v) is 7.62. The van der Waals surface area contributed by atoms with Gasteiger partial charge in [-0.25, -0.2) is 5.84 Å². The molecule has 5 rings (SSSR count). The molecule has 1 aromatic rings. The number of nitrogen functional groups attached to an aromatic ring is 1. The minimum Gasteiger partial charge on any atom is -0.307 e. The molecule has 102 valence electrons. The van der Waals surface area contributed by atoms with Crippen molar-refractivity contribution < 1.29 is 0 Å². The van der Waals surface area contributed by atoms with Crippen LogP contribution in [-0.2, 0) is 0 Å². The summed E-state index contributed by atoms with van der Waals surface area (Å²) >= 11 is 6.30. The quantitative estimate of drug-likeness (QED) is 0.645. The Morgan fingerprint density at radius 1 is 1.05 bits per heavy atom. The Balaban J connectivity index is 1.72. The van der Waals surface area contributed by atoms with E-state index in [1.807, 2.05) is 6.07 Å². The van der Waals surface area contributed by atoms with Gasteiger partial charge in [0.25, 0.3) is 0 Å². The number of rotatable bonds is 2. The number of nitrogens with one attached hydrogen (secondary N) is 1. The molecule has 3 N–H and O–H groups in total. The molecule has 19 heavy (non-hydrogen) atoms. The summed E-state index contributed by atoms with van der Waals surface area (Å²) in [6.07, 6.45) is 6.98. The molecule has 0 atom stereocenters. The molecule has 4 aliphatic carbocycles. The minimum absolute atomic E-state index is 0.566. The first-order chi connectivity index (χ1) is 9.24. The van der Waals surface area contributed by atoms with Gasteiger partial charge >= 0.3 is 0 Å². The molecule has 0 unspecified atom stereocenters. The monoisotopic (exact) mass is 278 g/mol. The van der Waals surface area contributed by atoms with Crippen LogP contribution in [0.2, 0.25) is 5.15 Å². The molecular formula is C14H19ClN4. The van der Waals surface area contributed by atoms with Crippen LogP contribution >= 0.6 is 11.6 Å². The van der Waals surface area contributed by atoms with Crippen molar-refractivity contribution in [1.29, 1.82) is 0 Å². The fourth-order valence-electron chi connectivity index (χ4n) is 5.13. The Bertz CT molecular complexity index is 476. The van der Waals surface area contributed by atoms with Crippen LogP contribution in [0.4, 0.5) is 5.82 Å². The highest BCUT2D eigenvalue weighted by molar-refractivity contribution is 6.30. The molecule has 1 aromatic heterocycles. The third-order valence-corrected chi connectivity index (χ3v) is 5.80. The SMILES string of the molecule is NNc1cc(C2C3CC4CC(C3)CC2C4)c(Cl)nn1.